The molecule has 0 aliphatic heterocycles. The summed E-state index contributed by atoms with van der Waals surface area (Å²) in [5.41, 5.74) is 0.728. The molecule has 0 fully saturated rings. The van der Waals surface area contributed by atoms with E-state index >= 15 is 0 Å². The third-order valence-electron chi connectivity index (χ3n) is 1.73. The van der Waals surface area contributed by atoms with Gasteiger partial charge in [0.05, 0.1) is 0 Å². The van der Waals surface area contributed by atoms with Gasteiger partial charge in [-0.05, 0) is 6.92 Å². The predicted molar refractivity (Wildman–Crippen MR) is 52.2 cm³/mol. The Bertz CT molecular complexity index is 377. The summed E-state index contributed by atoms with van der Waals surface area (Å²) in [6, 6.07) is 8.58. The Hall–Kier alpha value is -1.90. The van der Waals surface area contributed by atoms with Gasteiger partial charge in [0.1, 0.15) is 0 Å². The van der Waals surface area contributed by atoms with Crippen LogP contribution in [0.3, 0.4) is 0 Å². The number of carboxylic acids is 1. The molecule has 3 heteroatoms. The third-order valence-corrected chi connectivity index (χ3v) is 1.73. The molecule has 14 heavy (non-hydrogen) atoms. The number of carboxylic acid groups (broad SMARTS) is 1. The SMILES string of the molecule is C/C(=C\C(=O)O)C(=O)c1ccccc1. The number of ketones is 1. The smallest absolute Gasteiger partial charge is 0.328 e. The van der Waals surface area contributed by atoms with Crippen molar-refractivity contribution in [2.75, 3.05) is 0 Å². The maximum Gasteiger partial charge on any atom is 0.328 e. The van der Waals surface area contributed by atoms with E-state index in [9.17, 15) is 9.59 Å². The molecule has 0 atom stereocenters. The average Bonchev–Trinajstić information content (AvgIpc) is 2.17. The lowest BCUT2D eigenvalue weighted by molar-refractivity contribution is -0.131. The van der Waals surface area contributed by atoms with Gasteiger partial charge in [-0.3, -0.25) is 4.79 Å². The maximum absolute atomic E-state index is 11.5. The lowest BCUT2D eigenvalue weighted by Gasteiger charge is -1.98. The minimum Gasteiger partial charge on any atom is -0.478 e. The zero-order valence-electron chi connectivity index (χ0n) is 7.73. The summed E-state index contributed by atoms with van der Waals surface area (Å²) in [4.78, 5) is 21.9. The fourth-order valence-electron chi connectivity index (χ4n) is 1.07. The van der Waals surface area contributed by atoms with E-state index in [0.717, 1.165) is 6.08 Å². The van der Waals surface area contributed by atoms with Crippen LogP contribution in [0.25, 0.3) is 0 Å². The summed E-state index contributed by atoms with van der Waals surface area (Å²) >= 11 is 0. The Balaban J connectivity index is 2.92. The number of hydrogen-bond acceptors (Lipinski definition) is 2. The van der Waals surface area contributed by atoms with E-state index in [1.54, 1.807) is 30.3 Å². The molecule has 0 amide bonds. The summed E-state index contributed by atoms with van der Waals surface area (Å²) in [7, 11) is 0. The van der Waals surface area contributed by atoms with Gasteiger partial charge in [0.15, 0.2) is 5.78 Å². The molecule has 0 radical (unpaired) electrons. The van der Waals surface area contributed by atoms with E-state index in [0.29, 0.717) is 5.56 Å². The number of aliphatic carboxylic acids is 1. The van der Waals surface area contributed by atoms with Crippen LogP contribution in [0.5, 0.6) is 0 Å². The molecule has 0 spiro atoms. The van der Waals surface area contributed by atoms with Gasteiger partial charge in [0, 0.05) is 17.2 Å². The van der Waals surface area contributed by atoms with Gasteiger partial charge in [-0.2, -0.15) is 0 Å². The van der Waals surface area contributed by atoms with E-state index in [4.69, 9.17) is 5.11 Å². The number of Topliss-reactive ketones (excluding diaryl/α,β-unsaturated/α-hetero) is 1. The largest absolute Gasteiger partial charge is 0.478 e. The first-order valence-corrected chi connectivity index (χ1v) is 4.12. The molecule has 0 saturated heterocycles. The summed E-state index contributed by atoms with van der Waals surface area (Å²) in [5, 5.41) is 8.45. The molecule has 0 saturated carbocycles. The molecule has 1 rings (SSSR count). The monoisotopic (exact) mass is 190 g/mol. The van der Waals surface area contributed by atoms with Crippen molar-refractivity contribution in [2.24, 2.45) is 0 Å². The Labute approximate surface area is 81.7 Å². The molecule has 1 aromatic carbocycles. The molecule has 0 bridgehead atoms. The van der Waals surface area contributed by atoms with Gasteiger partial charge in [0.2, 0.25) is 0 Å². The second-order valence-corrected chi connectivity index (χ2v) is 2.86. The standard InChI is InChI=1S/C11H10O3/c1-8(7-10(12)13)11(14)9-5-3-2-4-6-9/h2-7H,1H3,(H,12,13)/b8-7+. The molecule has 0 aliphatic carbocycles. The predicted octanol–water partition coefficient (Wildman–Crippen LogP) is 1.90. The van der Waals surface area contributed by atoms with Crippen LogP contribution in [0.15, 0.2) is 42.0 Å². The molecule has 0 aromatic heterocycles. The molecule has 3 nitrogen and oxygen atoms in total. The minimum atomic E-state index is -1.10. The van der Waals surface area contributed by atoms with Crippen LogP contribution in [-0.4, -0.2) is 16.9 Å². The zero-order chi connectivity index (χ0) is 10.6. The van der Waals surface area contributed by atoms with Crippen molar-refractivity contribution in [1.29, 1.82) is 0 Å². The third kappa shape index (κ3) is 2.55. The quantitative estimate of drug-likeness (QED) is 0.585. The number of carbonyl (C=O) groups is 2. The van der Waals surface area contributed by atoms with Gasteiger partial charge < -0.3 is 5.11 Å². The fourth-order valence-corrected chi connectivity index (χ4v) is 1.07. The topological polar surface area (TPSA) is 54.4 Å². The van der Waals surface area contributed by atoms with Crippen LogP contribution in [0.4, 0.5) is 0 Å². The molecular formula is C11H10O3. The highest BCUT2D eigenvalue weighted by Crippen LogP contribution is 2.07. The lowest BCUT2D eigenvalue weighted by Crippen LogP contribution is -2.02. The van der Waals surface area contributed by atoms with E-state index in [2.05, 4.69) is 0 Å². The molecule has 1 aromatic rings. The van der Waals surface area contributed by atoms with Gasteiger partial charge in [-0.1, -0.05) is 30.3 Å². The van der Waals surface area contributed by atoms with Crippen molar-refractivity contribution in [3.05, 3.63) is 47.5 Å². The van der Waals surface area contributed by atoms with E-state index < -0.39 is 5.97 Å². The van der Waals surface area contributed by atoms with Crippen molar-refractivity contribution in [3.63, 3.8) is 0 Å². The normalized spacial score (nSPS) is 11.1. The second-order valence-electron chi connectivity index (χ2n) is 2.86. The maximum atomic E-state index is 11.5. The first-order chi connectivity index (χ1) is 6.61. The lowest BCUT2D eigenvalue weighted by atomic mass is 10.0. The van der Waals surface area contributed by atoms with Crippen LogP contribution in [0.1, 0.15) is 17.3 Å². The molecular weight excluding hydrogens is 180 g/mol. The van der Waals surface area contributed by atoms with Crippen LogP contribution >= 0.6 is 0 Å². The van der Waals surface area contributed by atoms with Crippen LogP contribution in [-0.2, 0) is 4.79 Å². The van der Waals surface area contributed by atoms with Gasteiger partial charge in [-0.15, -0.1) is 0 Å². The first kappa shape index (κ1) is 10.2. The summed E-state index contributed by atoms with van der Waals surface area (Å²) in [5.74, 6) is -1.36. The summed E-state index contributed by atoms with van der Waals surface area (Å²) < 4.78 is 0. The number of carbonyl (C=O) groups excluding carboxylic acids is 1. The van der Waals surface area contributed by atoms with E-state index in [1.165, 1.54) is 6.92 Å². The second kappa shape index (κ2) is 4.37. The molecule has 1 N–H and O–H groups in total. The first-order valence-electron chi connectivity index (χ1n) is 4.12. The molecule has 0 aliphatic rings. The van der Waals surface area contributed by atoms with Gasteiger partial charge >= 0.3 is 5.97 Å². The van der Waals surface area contributed by atoms with Gasteiger partial charge in [0.25, 0.3) is 0 Å². The zero-order valence-corrected chi connectivity index (χ0v) is 7.73. The van der Waals surface area contributed by atoms with E-state index in [-0.39, 0.29) is 11.4 Å². The summed E-state index contributed by atoms with van der Waals surface area (Å²) in [6.45, 7) is 1.49. The van der Waals surface area contributed by atoms with Gasteiger partial charge in [-0.25, -0.2) is 4.79 Å². The van der Waals surface area contributed by atoms with Crippen molar-refractivity contribution >= 4 is 11.8 Å². The van der Waals surface area contributed by atoms with E-state index in [1.807, 2.05) is 0 Å². The van der Waals surface area contributed by atoms with Crippen molar-refractivity contribution in [3.8, 4) is 0 Å². The molecule has 0 heterocycles. The number of rotatable bonds is 3. The Morgan fingerprint density at radius 1 is 1.21 bits per heavy atom. The van der Waals surface area contributed by atoms with Crippen LogP contribution in [0, 0.1) is 0 Å². The molecule has 72 valence electrons. The highest BCUT2D eigenvalue weighted by atomic mass is 16.4. The number of benzene rings is 1. The number of allylic oxidation sites excluding steroid dienone is 1. The Morgan fingerprint density at radius 3 is 2.29 bits per heavy atom. The highest BCUT2D eigenvalue weighted by molar-refractivity contribution is 6.10. The van der Waals surface area contributed by atoms with Crippen LogP contribution < -0.4 is 0 Å². The Morgan fingerprint density at radius 2 is 1.79 bits per heavy atom. The molecule has 0 unspecified atom stereocenters. The fraction of sp³-hybridized carbons (Fsp3) is 0.0909. The van der Waals surface area contributed by atoms with Crippen molar-refractivity contribution in [1.82, 2.24) is 0 Å². The van der Waals surface area contributed by atoms with Crippen LogP contribution in [0.2, 0.25) is 0 Å². The summed E-state index contributed by atoms with van der Waals surface area (Å²) in [6.07, 6.45) is 0.912. The minimum absolute atomic E-state index is 0.226. The average molecular weight is 190 g/mol. The highest BCUT2D eigenvalue weighted by Gasteiger charge is 2.07. The number of hydrogen-bond donors (Lipinski definition) is 1. The Kier molecular flexibility index (Phi) is 3.18. The van der Waals surface area contributed by atoms with Crippen molar-refractivity contribution in [2.45, 2.75) is 6.92 Å². The van der Waals surface area contributed by atoms with Crippen molar-refractivity contribution < 1.29 is 14.7 Å².